The van der Waals surface area contributed by atoms with Crippen molar-refractivity contribution in [2.45, 2.75) is 59.4 Å². The summed E-state index contributed by atoms with van der Waals surface area (Å²) < 4.78 is 0. The number of amides is 2. The highest BCUT2D eigenvalue weighted by atomic mass is 16.4. The van der Waals surface area contributed by atoms with Crippen LogP contribution in [0.15, 0.2) is 0 Å². The van der Waals surface area contributed by atoms with Gasteiger partial charge in [-0.15, -0.1) is 0 Å². The number of hydrogen-bond acceptors (Lipinski definition) is 3. The lowest BCUT2D eigenvalue weighted by atomic mass is 9.92. The first-order valence-electron chi connectivity index (χ1n) is 7.93. The van der Waals surface area contributed by atoms with E-state index in [2.05, 4.69) is 5.32 Å². The molecule has 1 saturated heterocycles. The number of carbonyl (C=O) groups excluding carboxylic acids is 2. The molecule has 0 aromatic carbocycles. The van der Waals surface area contributed by atoms with Gasteiger partial charge in [0.15, 0.2) is 0 Å². The molecular formula is C16H28N2O4. The van der Waals surface area contributed by atoms with E-state index in [-0.39, 0.29) is 18.2 Å². The Labute approximate surface area is 132 Å². The second kappa shape index (κ2) is 7.61. The van der Waals surface area contributed by atoms with Crippen molar-refractivity contribution in [2.75, 3.05) is 13.1 Å². The van der Waals surface area contributed by atoms with Gasteiger partial charge in [-0.05, 0) is 25.2 Å². The van der Waals surface area contributed by atoms with Crippen LogP contribution in [0.1, 0.15) is 53.4 Å². The number of hydrogen-bond donors (Lipinski definition) is 2. The molecule has 1 aliphatic rings. The molecule has 1 fully saturated rings. The Morgan fingerprint density at radius 2 is 1.91 bits per heavy atom. The van der Waals surface area contributed by atoms with Crippen molar-refractivity contribution >= 4 is 17.8 Å². The van der Waals surface area contributed by atoms with Crippen LogP contribution in [0, 0.1) is 11.3 Å². The van der Waals surface area contributed by atoms with Gasteiger partial charge in [0, 0.05) is 24.9 Å². The van der Waals surface area contributed by atoms with Gasteiger partial charge in [-0.25, -0.2) is 4.79 Å². The lowest BCUT2D eigenvalue weighted by Crippen LogP contribution is -2.49. The highest BCUT2D eigenvalue weighted by molar-refractivity contribution is 5.84. The monoisotopic (exact) mass is 312 g/mol. The minimum atomic E-state index is -0.930. The van der Waals surface area contributed by atoms with Gasteiger partial charge < -0.3 is 15.3 Å². The highest BCUT2D eigenvalue weighted by Crippen LogP contribution is 2.23. The predicted octanol–water partition coefficient (Wildman–Crippen LogP) is 1.64. The van der Waals surface area contributed by atoms with Gasteiger partial charge in [0.05, 0.1) is 0 Å². The Kier molecular flexibility index (Phi) is 6.38. The molecular weight excluding hydrogens is 284 g/mol. The minimum Gasteiger partial charge on any atom is -0.480 e. The number of aliphatic carboxylic acids is 1. The molecule has 0 aromatic rings. The van der Waals surface area contributed by atoms with E-state index >= 15 is 0 Å². The average Bonchev–Trinajstić information content (AvgIpc) is 2.41. The molecule has 126 valence electrons. The molecule has 0 radical (unpaired) electrons. The highest BCUT2D eigenvalue weighted by Gasteiger charge is 2.34. The van der Waals surface area contributed by atoms with E-state index in [0.29, 0.717) is 31.8 Å². The van der Waals surface area contributed by atoms with Gasteiger partial charge in [0.25, 0.3) is 0 Å². The first-order chi connectivity index (χ1) is 10.1. The fourth-order valence-corrected chi connectivity index (χ4v) is 2.52. The summed E-state index contributed by atoms with van der Waals surface area (Å²) in [5.41, 5.74) is -0.443. The van der Waals surface area contributed by atoms with Gasteiger partial charge in [0.1, 0.15) is 6.04 Å². The summed E-state index contributed by atoms with van der Waals surface area (Å²) >= 11 is 0. The van der Waals surface area contributed by atoms with Crippen LogP contribution in [0.4, 0.5) is 0 Å². The Morgan fingerprint density at radius 1 is 1.27 bits per heavy atom. The SMILES string of the molecule is CC1CCN(C(=O)CCCNC(=O)C(C)(C)C)C(C(=O)O)C1. The molecule has 22 heavy (non-hydrogen) atoms. The van der Waals surface area contributed by atoms with Crippen molar-refractivity contribution in [1.29, 1.82) is 0 Å². The van der Waals surface area contributed by atoms with Crippen LogP contribution in [0.2, 0.25) is 0 Å². The number of carbonyl (C=O) groups is 3. The van der Waals surface area contributed by atoms with Crippen LogP contribution >= 0.6 is 0 Å². The Hall–Kier alpha value is -1.59. The number of nitrogens with zero attached hydrogens (tertiary/aromatic N) is 1. The molecule has 2 unspecified atom stereocenters. The van der Waals surface area contributed by atoms with Crippen molar-refractivity contribution in [1.82, 2.24) is 10.2 Å². The zero-order valence-electron chi connectivity index (χ0n) is 14.0. The molecule has 1 rings (SSSR count). The minimum absolute atomic E-state index is 0.0461. The van der Waals surface area contributed by atoms with E-state index in [1.54, 1.807) is 0 Å². The lowest BCUT2D eigenvalue weighted by molar-refractivity contribution is -0.153. The predicted molar refractivity (Wildman–Crippen MR) is 83.2 cm³/mol. The fourth-order valence-electron chi connectivity index (χ4n) is 2.52. The number of carboxylic acids is 1. The van der Waals surface area contributed by atoms with E-state index in [1.807, 2.05) is 27.7 Å². The Morgan fingerprint density at radius 3 is 2.45 bits per heavy atom. The third-order valence-electron chi connectivity index (χ3n) is 4.00. The molecule has 2 atom stereocenters. The molecule has 2 amide bonds. The van der Waals surface area contributed by atoms with Crippen molar-refractivity contribution in [3.05, 3.63) is 0 Å². The Balaban J connectivity index is 2.41. The molecule has 1 aliphatic heterocycles. The zero-order valence-corrected chi connectivity index (χ0v) is 14.0. The summed E-state index contributed by atoms with van der Waals surface area (Å²) in [6.07, 6.45) is 2.15. The van der Waals surface area contributed by atoms with E-state index in [1.165, 1.54) is 4.90 Å². The van der Waals surface area contributed by atoms with Crippen LogP contribution in [-0.4, -0.2) is 46.9 Å². The molecule has 6 nitrogen and oxygen atoms in total. The third-order valence-corrected chi connectivity index (χ3v) is 4.00. The molecule has 6 heteroatoms. The summed E-state index contributed by atoms with van der Waals surface area (Å²) in [5, 5.41) is 12.1. The van der Waals surface area contributed by atoms with Crippen LogP contribution in [0.3, 0.4) is 0 Å². The molecule has 0 spiro atoms. The lowest BCUT2D eigenvalue weighted by Gasteiger charge is -2.36. The number of carboxylic acid groups (broad SMARTS) is 1. The maximum atomic E-state index is 12.2. The van der Waals surface area contributed by atoms with Crippen LogP contribution in [-0.2, 0) is 14.4 Å². The number of likely N-dealkylation sites (tertiary alicyclic amines) is 1. The van der Waals surface area contributed by atoms with Crippen molar-refractivity contribution < 1.29 is 19.5 Å². The third kappa shape index (κ3) is 5.31. The van der Waals surface area contributed by atoms with Crippen LogP contribution < -0.4 is 5.32 Å². The second-order valence-corrected chi connectivity index (χ2v) is 7.18. The molecule has 0 saturated carbocycles. The first kappa shape index (κ1) is 18.5. The molecule has 2 N–H and O–H groups in total. The average molecular weight is 312 g/mol. The maximum absolute atomic E-state index is 12.2. The summed E-state index contributed by atoms with van der Waals surface area (Å²) in [6.45, 7) is 8.45. The standard InChI is InChI=1S/C16H28N2O4/c1-11-7-9-18(12(10-11)14(20)21)13(19)6-5-8-17-15(22)16(2,3)4/h11-12H,5-10H2,1-4H3,(H,17,22)(H,20,21). The smallest absolute Gasteiger partial charge is 0.326 e. The fraction of sp³-hybridized carbons (Fsp3) is 0.812. The van der Waals surface area contributed by atoms with Crippen LogP contribution in [0.25, 0.3) is 0 Å². The van der Waals surface area contributed by atoms with Crippen LogP contribution in [0.5, 0.6) is 0 Å². The van der Waals surface area contributed by atoms with Gasteiger partial charge in [-0.3, -0.25) is 9.59 Å². The summed E-state index contributed by atoms with van der Waals surface area (Å²) in [5.74, 6) is -0.781. The first-order valence-corrected chi connectivity index (χ1v) is 7.93. The van der Waals surface area contributed by atoms with Gasteiger partial charge in [-0.1, -0.05) is 27.7 Å². The summed E-state index contributed by atoms with van der Waals surface area (Å²) in [7, 11) is 0. The van der Waals surface area contributed by atoms with Crippen molar-refractivity contribution in [2.24, 2.45) is 11.3 Å². The maximum Gasteiger partial charge on any atom is 0.326 e. The molecule has 0 bridgehead atoms. The second-order valence-electron chi connectivity index (χ2n) is 7.18. The van der Waals surface area contributed by atoms with Crippen molar-refractivity contribution in [3.63, 3.8) is 0 Å². The van der Waals surface area contributed by atoms with Gasteiger partial charge in [-0.2, -0.15) is 0 Å². The summed E-state index contributed by atoms with van der Waals surface area (Å²) in [6, 6.07) is -0.708. The number of piperidine rings is 1. The van der Waals surface area contributed by atoms with E-state index < -0.39 is 17.4 Å². The largest absolute Gasteiger partial charge is 0.480 e. The molecule has 0 aliphatic carbocycles. The van der Waals surface area contributed by atoms with E-state index in [9.17, 15) is 19.5 Å². The number of rotatable bonds is 5. The van der Waals surface area contributed by atoms with E-state index in [4.69, 9.17) is 0 Å². The molecule has 0 aromatic heterocycles. The normalized spacial score (nSPS) is 22.3. The zero-order chi connectivity index (χ0) is 16.9. The molecule has 1 heterocycles. The van der Waals surface area contributed by atoms with Crippen molar-refractivity contribution in [3.8, 4) is 0 Å². The topological polar surface area (TPSA) is 86.7 Å². The Bertz CT molecular complexity index is 428. The van der Waals surface area contributed by atoms with Gasteiger partial charge in [0.2, 0.25) is 11.8 Å². The quantitative estimate of drug-likeness (QED) is 0.756. The summed E-state index contributed by atoms with van der Waals surface area (Å²) in [4.78, 5) is 36.7. The van der Waals surface area contributed by atoms with E-state index in [0.717, 1.165) is 6.42 Å². The van der Waals surface area contributed by atoms with Gasteiger partial charge >= 0.3 is 5.97 Å². The number of nitrogens with one attached hydrogen (secondary N) is 1.